The fourth-order valence-electron chi connectivity index (χ4n) is 0.704. The zero-order chi connectivity index (χ0) is 12.6. The van der Waals surface area contributed by atoms with Crippen molar-refractivity contribution in [3.63, 3.8) is 0 Å². The topological polar surface area (TPSA) is 132 Å². The first-order chi connectivity index (χ1) is 7.45. The molecule has 0 aromatic heterocycles. The molecule has 0 fully saturated rings. The van der Waals surface area contributed by atoms with Crippen molar-refractivity contribution < 1.29 is 78.9 Å². The summed E-state index contributed by atoms with van der Waals surface area (Å²) >= 11 is 0. The zero-order valence-electron chi connectivity index (χ0n) is 10.6. The minimum Gasteiger partial charge on any atom is -0.548 e. The predicted octanol–water partition coefficient (Wildman–Crippen LogP) is -8.69. The molecule has 6 nitrogen and oxygen atoms in total. The van der Waals surface area contributed by atoms with E-state index in [0.717, 1.165) is 0 Å². The minimum absolute atomic E-state index is 0. The summed E-state index contributed by atoms with van der Waals surface area (Å²) in [5.41, 5.74) is 10.5. The Morgan fingerprint density at radius 2 is 1.17 bits per heavy atom. The zero-order valence-corrected chi connectivity index (χ0v) is 16.2. The van der Waals surface area contributed by atoms with Crippen LogP contribution < -0.4 is 80.8 Å². The quantitative estimate of drug-likeness (QED) is 0.244. The molecule has 2 unspecified atom stereocenters. The summed E-state index contributed by atoms with van der Waals surface area (Å²) in [5.74, 6) is -1.38. The molecule has 0 aliphatic carbocycles. The van der Waals surface area contributed by atoms with Gasteiger partial charge in [-0.3, -0.25) is 0 Å². The van der Waals surface area contributed by atoms with Gasteiger partial charge in [0.05, 0.1) is 11.9 Å². The molecule has 0 aliphatic rings. The number of hydrogen-bond donors (Lipinski definition) is 2. The van der Waals surface area contributed by atoms with Crippen LogP contribution in [0.5, 0.6) is 0 Å². The number of hydrogen-bond acceptors (Lipinski definition) is 8. The second kappa shape index (κ2) is 15.0. The Bertz CT molecular complexity index is 225. The second-order valence-electron chi connectivity index (χ2n) is 3.07. The molecule has 0 bridgehead atoms. The van der Waals surface area contributed by atoms with Crippen molar-refractivity contribution in [3.05, 3.63) is 0 Å². The third-order valence-electron chi connectivity index (χ3n) is 1.71. The van der Waals surface area contributed by atoms with Gasteiger partial charge in [-0.05, 0) is 12.8 Å². The number of aliphatic carboxylic acids is 2. The van der Waals surface area contributed by atoms with E-state index in [1.807, 2.05) is 0 Å². The Labute approximate surface area is 158 Å². The molecule has 0 radical (unpaired) electrons. The Morgan fingerprint density at radius 3 is 1.39 bits per heavy atom. The molecule has 94 valence electrons. The van der Waals surface area contributed by atoms with Gasteiger partial charge < -0.3 is 31.3 Å². The van der Waals surface area contributed by atoms with E-state index in [1.54, 1.807) is 0 Å². The van der Waals surface area contributed by atoms with E-state index in [4.69, 9.17) is 11.5 Å². The molecule has 0 aromatic rings. The fraction of sp³-hybridized carbons (Fsp3) is 0.750. The van der Waals surface area contributed by atoms with Crippen LogP contribution in [-0.4, -0.2) is 35.5 Å². The first-order valence-corrected chi connectivity index (χ1v) is 7.11. The number of carboxylic acids is 2. The smallest absolute Gasteiger partial charge is 0.548 e. The molecule has 0 heterocycles. The van der Waals surface area contributed by atoms with Crippen molar-refractivity contribution in [1.82, 2.24) is 0 Å². The van der Waals surface area contributed by atoms with Crippen LogP contribution in [0.1, 0.15) is 12.8 Å². The number of carbonyl (C=O) groups excluding carboxylic acids is 2. The first kappa shape index (κ1) is 24.6. The molecule has 0 aromatic carbocycles. The monoisotopic (exact) mass is 312 g/mol. The maximum Gasteiger partial charge on any atom is 1.00 e. The van der Waals surface area contributed by atoms with E-state index in [1.165, 1.54) is 21.6 Å². The summed E-state index contributed by atoms with van der Waals surface area (Å²) in [4.78, 5) is 20.5. The third-order valence-corrected chi connectivity index (χ3v) is 4.18. The second-order valence-corrected chi connectivity index (χ2v) is 5.77. The van der Waals surface area contributed by atoms with Crippen LogP contribution in [-0.2, 0) is 9.59 Å². The van der Waals surface area contributed by atoms with E-state index in [2.05, 4.69) is 0 Å². The molecule has 18 heavy (non-hydrogen) atoms. The van der Waals surface area contributed by atoms with Gasteiger partial charge in [0.2, 0.25) is 0 Å². The predicted molar refractivity (Wildman–Crippen MR) is 60.1 cm³/mol. The Kier molecular flexibility index (Phi) is 20.4. The summed E-state index contributed by atoms with van der Waals surface area (Å²) < 4.78 is 0. The molecule has 0 amide bonds. The Hall–Kier alpha value is 1.56. The van der Waals surface area contributed by atoms with E-state index in [-0.39, 0.29) is 59.1 Å². The van der Waals surface area contributed by atoms with Crippen LogP contribution in [0, 0.1) is 0 Å². The molecule has 0 spiro atoms. The van der Waals surface area contributed by atoms with Gasteiger partial charge in [0.15, 0.2) is 0 Å². The van der Waals surface area contributed by atoms with Crippen molar-refractivity contribution in [1.29, 1.82) is 0 Å². The Morgan fingerprint density at radius 1 is 0.889 bits per heavy atom. The van der Waals surface area contributed by atoms with Crippen molar-refractivity contribution in [2.24, 2.45) is 11.5 Å². The number of nitrogens with two attached hydrogens (primary N) is 2. The summed E-state index contributed by atoms with van der Waals surface area (Å²) in [6.45, 7) is 0. The van der Waals surface area contributed by atoms with E-state index in [0.29, 0.717) is 24.3 Å². The van der Waals surface area contributed by atoms with E-state index >= 15 is 0 Å². The van der Waals surface area contributed by atoms with Crippen LogP contribution in [0.25, 0.3) is 0 Å². The van der Waals surface area contributed by atoms with E-state index in [9.17, 15) is 19.8 Å². The van der Waals surface area contributed by atoms with Crippen LogP contribution in [0.15, 0.2) is 0 Å². The molecule has 2 atom stereocenters. The van der Waals surface area contributed by atoms with Gasteiger partial charge in [0, 0.05) is 23.6 Å². The molecule has 10 heteroatoms. The Balaban J connectivity index is -0.00000112. The van der Waals surface area contributed by atoms with Crippen LogP contribution in [0.4, 0.5) is 0 Å². The summed E-state index contributed by atoms with van der Waals surface area (Å²) in [5, 5.41) is 20.5. The number of rotatable bonds is 9. The van der Waals surface area contributed by atoms with Crippen molar-refractivity contribution in [3.8, 4) is 0 Å². The van der Waals surface area contributed by atoms with Crippen molar-refractivity contribution in [2.45, 2.75) is 24.9 Å². The van der Waals surface area contributed by atoms with Gasteiger partial charge in [0.1, 0.15) is 0 Å². The third kappa shape index (κ3) is 14.0. The minimum atomic E-state index is -1.26. The molecular weight excluding hydrogens is 298 g/mol. The van der Waals surface area contributed by atoms with E-state index < -0.39 is 24.0 Å². The molecule has 0 aliphatic heterocycles. The maximum atomic E-state index is 10.2. The molecular formula is C8H14N2Na2O4S2. The summed E-state index contributed by atoms with van der Waals surface area (Å²) in [6.07, 6.45) is 0.652. The normalized spacial score (nSPS) is 12.8. The average molecular weight is 312 g/mol. The van der Waals surface area contributed by atoms with Crippen LogP contribution in [0.3, 0.4) is 0 Å². The van der Waals surface area contributed by atoms with Crippen molar-refractivity contribution >= 4 is 33.5 Å². The molecule has 4 N–H and O–H groups in total. The molecule has 0 saturated carbocycles. The number of carbonyl (C=O) groups is 2. The van der Waals surface area contributed by atoms with Gasteiger partial charge in [-0.15, -0.1) is 0 Å². The summed E-state index contributed by atoms with van der Waals surface area (Å²) in [6, 6.07) is -1.89. The maximum absolute atomic E-state index is 10.2. The van der Waals surface area contributed by atoms with Crippen LogP contribution >= 0.6 is 21.6 Å². The molecule has 0 rings (SSSR count). The van der Waals surface area contributed by atoms with Gasteiger partial charge in [-0.2, -0.15) is 0 Å². The first-order valence-electron chi connectivity index (χ1n) is 4.62. The number of carboxylic acid groups (broad SMARTS) is 2. The van der Waals surface area contributed by atoms with Gasteiger partial charge in [-0.1, -0.05) is 21.6 Å². The SMILES string of the molecule is NC(CCSSCCC(N)C(=O)[O-])C(=O)[O-].[Na+].[Na+]. The standard InChI is InChI=1S/C8H16N2O4S2.2Na/c9-5(7(11)12)1-3-15-16-4-2-6(10)8(13)14;;/h5-6H,1-4,9-10H2,(H,11,12)(H,13,14);;/q;2*+1/p-2. The average Bonchev–Trinajstić information content (AvgIpc) is 2.21. The van der Waals surface area contributed by atoms with Crippen LogP contribution in [0.2, 0.25) is 0 Å². The molecule has 0 saturated heterocycles. The largest absolute Gasteiger partial charge is 1.00 e. The van der Waals surface area contributed by atoms with Gasteiger partial charge in [-0.25, -0.2) is 0 Å². The fourth-order valence-corrected chi connectivity index (χ4v) is 2.92. The van der Waals surface area contributed by atoms with Gasteiger partial charge >= 0.3 is 59.1 Å². The van der Waals surface area contributed by atoms with Gasteiger partial charge in [0.25, 0.3) is 0 Å². The summed E-state index contributed by atoms with van der Waals surface area (Å²) in [7, 11) is 2.86. The van der Waals surface area contributed by atoms with Crippen molar-refractivity contribution in [2.75, 3.05) is 11.5 Å².